The predicted octanol–water partition coefficient (Wildman–Crippen LogP) is 3.80. The lowest BCUT2D eigenvalue weighted by Crippen LogP contribution is -2.20. The molecule has 1 aliphatic rings. The van der Waals surface area contributed by atoms with Crippen molar-refractivity contribution in [2.24, 2.45) is 16.8 Å². The van der Waals surface area contributed by atoms with Gasteiger partial charge in [-0.15, -0.1) is 0 Å². The third-order valence-corrected chi connectivity index (χ3v) is 3.26. The van der Waals surface area contributed by atoms with Crippen molar-refractivity contribution in [1.82, 2.24) is 4.90 Å². The SMILES string of the molecule is C=C/C(=N/C(=C)C1C[C@@H](C)C=CC=C1C)N(C)C. The van der Waals surface area contributed by atoms with Crippen LogP contribution in [0.25, 0.3) is 0 Å². The number of allylic oxidation sites excluding steroid dienone is 4. The summed E-state index contributed by atoms with van der Waals surface area (Å²) in [6.45, 7) is 12.3. The molecule has 0 aromatic rings. The summed E-state index contributed by atoms with van der Waals surface area (Å²) < 4.78 is 0. The molecule has 0 aromatic carbocycles. The van der Waals surface area contributed by atoms with Gasteiger partial charge in [-0.05, 0) is 25.3 Å². The molecule has 0 aliphatic heterocycles. The Kier molecular flexibility index (Phi) is 5.14. The van der Waals surface area contributed by atoms with Crippen molar-refractivity contribution in [1.29, 1.82) is 0 Å². The first-order chi connectivity index (χ1) is 8.45. The van der Waals surface area contributed by atoms with Crippen LogP contribution in [-0.2, 0) is 0 Å². The highest BCUT2D eigenvalue weighted by atomic mass is 15.1. The molecule has 2 nitrogen and oxygen atoms in total. The molecule has 0 heterocycles. The Morgan fingerprint density at radius 3 is 2.72 bits per heavy atom. The first-order valence-corrected chi connectivity index (χ1v) is 6.38. The number of hydrogen-bond acceptors (Lipinski definition) is 1. The van der Waals surface area contributed by atoms with E-state index < -0.39 is 0 Å². The molecule has 0 N–H and O–H groups in total. The number of rotatable bonds is 3. The lowest BCUT2D eigenvalue weighted by molar-refractivity contribution is 0.541. The quantitative estimate of drug-likeness (QED) is 0.544. The molecule has 0 saturated heterocycles. The van der Waals surface area contributed by atoms with Crippen LogP contribution in [0.15, 0.2) is 53.7 Å². The Labute approximate surface area is 111 Å². The summed E-state index contributed by atoms with van der Waals surface area (Å²) in [6, 6.07) is 0. The minimum absolute atomic E-state index is 0.324. The molecule has 0 bridgehead atoms. The van der Waals surface area contributed by atoms with Crippen LogP contribution in [-0.4, -0.2) is 24.8 Å². The summed E-state index contributed by atoms with van der Waals surface area (Å²) in [5.41, 5.74) is 2.24. The summed E-state index contributed by atoms with van der Waals surface area (Å²) in [7, 11) is 3.93. The smallest absolute Gasteiger partial charge is 0.127 e. The van der Waals surface area contributed by atoms with Gasteiger partial charge in [0.15, 0.2) is 0 Å². The number of amidine groups is 1. The highest BCUT2D eigenvalue weighted by Gasteiger charge is 2.18. The highest BCUT2D eigenvalue weighted by molar-refractivity contribution is 5.92. The van der Waals surface area contributed by atoms with E-state index in [2.05, 4.69) is 50.2 Å². The molecule has 0 radical (unpaired) electrons. The Morgan fingerprint density at radius 2 is 2.17 bits per heavy atom. The zero-order chi connectivity index (χ0) is 13.7. The van der Waals surface area contributed by atoms with Crippen LogP contribution >= 0.6 is 0 Å². The molecular weight excluding hydrogens is 220 g/mol. The topological polar surface area (TPSA) is 15.6 Å². The van der Waals surface area contributed by atoms with Gasteiger partial charge < -0.3 is 4.90 Å². The molecule has 0 fully saturated rings. The van der Waals surface area contributed by atoms with Crippen molar-refractivity contribution < 1.29 is 0 Å². The average Bonchev–Trinajstić information content (AvgIpc) is 2.47. The summed E-state index contributed by atoms with van der Waals surface area (Å²) in [5.74, 6) is 1.74. The van der Waals surface area contributed by atoms with Crippen LogP contribution in [0.4, 0.5) is 0 Å². The zero-order valence-electron chi connectivity index (χ0n) is 12.0. The molecule has 2 atom stereocenters. The molecular formula is C16H24N2. The fraction of sp³-hybridized carbons (Fsp3) is 0.438. The first-order valence-electron chi connectivity index (χ1n) is 6.38. The van der Waals surface area contributed by atoms with Gasteiger partial charge in [-0.25, -0.2) is 4.99 Å². The van der Waals surface area contributed by atoms with Crippen LogP contribution in [0.5, 0.6) is 0 Å². The van der Waals surface area contributed by atoms with E-state index in [1.54, 1.807) is 6.08 Å². The predicted molar refractivity (Wildman–Crippen MR) is 80.6 cm³/mol. The van der Waals surface area contributed by atoms with E-state index in [4.69, 9.17) is 0 Å². The van der Waals surface area contributed by atoms with Crippen molar-refractivity contribution in [2.45, 2.75) is 20.3 Å². The molecule has 1 unspecified atom stereocenters. The normalized spacial score (nSPS) is 24.2. The highest BCUT2D eigenvalue weighted by Crippen LogP contribution is 2.30. The maximum absolute atomic E-state index is 4.61. The third kappa shape index (κ3) is 3.73. The van der Waals surface area contributed by atoms with Gasteiger partial charge in [0.25, 0.3) is 0 Å². The summed E-state index contributed by atoms with van der Waals surface area (Å²) in [4.78, 5) is 6.56. The largest absolute Gasteiger partial charge is 0.363 e. The Balaban J connectivity index is 2.92. The van der Waals surface area contributed by atoms with E-state index in [0.29, 0.717) is 11.8 Å². The minimum atomic E-state index is 0.324. The molecule has 98 valence electrons. The van der Waals surface area contributed by atoms with Gasteiger partial charge in [-0.3, -0.25) is 0 Å². The molecule has 0 spiro atoms. The van der Waals surface area contributed by atoms with Crippen molar-refractivity contribution in [2.75, 3.05) is 14.1 Å². The van der Waals surface area contributed by atoms with E-state index >= 15 is 0 Å². The minimum Gasteiger partial charge on any atom is -0.363 e. The molecule has 0 amide bonds. The second kappa shape index (κ2) is 6.39. The van der Waals surface area contributed by atoms with Gasteiger partial charge in [0, 0.05) is 25.7 Å². The van der Waals surface area contributed by atoms with E-state index in [9.17, 15) is 0 Å². The Bertz CT molecular complexity index is 411. The van der Waals surface area contributed by atoms with Gasteiger partial charge in [-0.2, -0.15) is 0 Å². The standard InChI is InChI=1S/C16H24N2/c1-7-16(18(5)6)17-14(4)15-11-12(2)9-8-10-13(15)3/h7-10,12,15H,1,4,11H2,2-3,5-6H3/b17-16-/t12-,15?/m0/s1. The van der Waals surface area contributed by atoms with E-state index in [0.717, 1.165) is 18.0 Å². The average molecular weight is 244 g/mol. The van der Waals surface area contributed by atoms with Gasteiger partial charge in [0.05, 0.1) is 0 Å². The first kappa shape index (κ1) is 14.5. The second-order valence-electron chi connectivity index (χ2n) is 5.12. The van der Waals surface area contributed by atoms with Gasteiger partial charge in [0.2, 0.25) is 0 Å². The van der Waals surface area contributed by atoms with Crippen LogP contribution in [0.3, 0.4) is 0 Å². The van der Waals surface area contributed by atoms with Crippen LogP contribution in [0.1, 0.15) is 20.3 Å². The van der Waals surface area contributed by atoms with Crippen molar-refractivity contribution >= 4 is 5.84 Å². The van der Waals surface area contributed by atoms with E-state index in [1.165, 1.54) is 5.57 Å². The Morgan fingerprint density at radius 1 is 1.50 bits per heavy atom. The second-order valence-corrected chi connectivity index (χ2v) is 5.12. The van der Waals surface area contributed by atoms with Crippen LogP contribution < -0.4 is 0 Å². The molecule has 0 saturated carbocycles. The van der Waals surface area contributed by atoms with E-state index in [-0.39, 0.29) is 0 Å². The Hall–Kier alpha value is -1.57. The van der Waals surface area contributed by atoms with E-state index in [1.807, 2.05) is 19.0 Å². The molecule has 1 rings (SSSR count). The number of likely N-dealkylation sites (N-methyl/N-ethyl adjacent to an activating group) is 1. The summed E-state index contributed by atoms with van der Waals surface area (Å²) in [5, 5.41) is 0. The third-order valence-electron chi connectivity index (χ3n) is 3.26. The van der Waals surface area contributed by atoms with Gasteiger partial charge in [0.1, 0.15) is 5.84 Å². The van der Waals surface area contributed by atoms with Gasteiger partial charge >= 0.3 is 0 Å². The molecule has 0 aromatic heterocycles. The number of nitrogens with zero attached hydrogens (tertiary/aromatic N) is 2. The fourth-order valence-corrected chi connectivity index (χ4v) is 2.10. The lowest BCUT2D eigenvalue weighted by atomic mass is 9.89. The molecule has 2 heteroatoms. The number of hydrogen-bond donors (Lipinski definition) is 0. The van der Waals surface area contributed by atoms with Crippen molar-refractivity contribution in [3.63, 3.8) is 0 Å². The lowest BCUT2D eigenvalue weighted by Gasteiger charge is -2.20. The maximum Gasteiger partial charge on any atom is 0.127 e. The summed E-state index contributed by atoms with van der Waals surface area (Å²) >= 11 is 0. The zero-order valence-corrected chi connectivity index (χ0v) is 12.0. The fourth-order valence-electron chi connectivity index (χ4n) is 2.10. The molecule has 1 aliphatic carbocycles. The van der Waals surface area contributed by atoms with Crippen molar-refractivity contribution in [3.8, 4) is 0 Å². The number of aliphatic imine (C=N–C) groups is 1. The van der Waals surface area contributed by atoms with Crippen molar-refractivity contribution in [3.05, 3.63) is 48.7 Å². The summed E-state index contributed by atoms with van der Waals surface area (Å²) in [6.07, 6.45) is 9.37. The monoisotopic (exact) mass is 244 g/mol. The molecule has 18 heavy (non-hydrogen) atoms. The van der Waals surface area contributed by atoms with Crippen LogP contribution in [0.2, 0.25) is 0 Å². The maximum atomic E-state index is 4.61. The van der Waals surface area contributed by atoms with Gasteiger partial charge in [-0.1, -0.05) is 43.9 Å². The van der Waals surface area contributed by atoms with Crippen LogP contribution in [0, 0.1) is 11.8 Å².